The van der Waals surface area contributed by atoms with Gasteiger partial charge in [0.25, 0.3) is 5.91 Å². The summed E-state index contributed by atoms with van der Waals surface area (Å²) < 4.78 is 0.447. The van der Waals surface area contributed by atoms with Crippen molar-refractivity contribution < 1.29 is 19.8 Å². The topological polar surface area (TPSA) is 86.6 Å². The predicted molar refractivity (Wildman–Crippen MR) is 81.9 cm³/mol. The number of aryl methyl sites for hydroxylation is 1. The third-order valence-corrected chi connectivity index (χ3v) is 3.63. The summed E-state index contributed by atoms with van der Waals surface area (Å²) in [5, 5.41) is 21.6. The monoisotopic (exact) mass is 349 g/mol. The second-order valence-electron chi connectivity index (χ2n) is 4.39. The molecule has 0 aliphatic heterocycles. The fourth-order valence-corrected chi connectivity index (χ4v) is 2.32. The summed E-state index contributed by atoms with van der Waals surface area (Å²) in [7, 11) is 0. The maximum Gasteiger partial charge on any atom is 0.337 e. The lowest BCUT2D eigenvalue weighted by Crippen LogP contribution is -2.15. The van der Waals surface area contributed by atoms with E-state index >= 15 is 0 Å². The minimum atomic E-state index is -1.15. The SMILES string of the molecule is Cc1cccc(C(=O)Nc2c(Br)cccc2C(=O)O)c1O. The lowest BCUT2D eigenvalue weighted by molar-refractivity contribution is 0.0698. The average molecular weight is 350 g/mol. The second kappa shape index (κ2) is 5.97. The van der Waals surface area contributed by atoms with Crippen molar-refractivity contribution in [2.45, 2.75) is 6.92 Å². The van der Waals surface area contributed by atoms with Crippen LogP contribution in [0.4, 0.5) is 5.69 Å². The molecule has 0 atom stereocenters. The van der Waals surface area contributed by atoms with Gasteiger partial charge in [-0.1, -0.05) is 18.2 Å². The summed E-state index contributed by atoms with van der Waals surface area (Å²) >= 11 is 3.21. The number of aromatic carboxylic acids is 1. The second-order valence-corrected chi connectivity index (χ2v) is 5.25. The van der Waals surface area contributed by atoms with Gasteiger partial charge in [0.05, 0.1) is 16.8 Å². The van der Waals surface area contributed by atoms with Crippen molar-refractivity contribution in [3.8, 4) is 5.75 Å². The Labute approximate surface area is 129 Å². The average Bonchev–Trinajstić information content (AvgIpc) is 2.43. The van der Waals surface area contributed by atoms with Crippen molar-refractivity contribution >= 4 is 33.5 Å². The van der Waals surface area contributed by atoms with Gasteiger partial charge in [-0.25, -0.2) is 4.79 Å². The van der Waals surface area contributed by atoms with Gasteiger partial charge >= 0.3 is 5.97 Å². The first-order valence-electron chi connectivity index (χ1n) is 6.03. The molecule has 0 saturated heterocycles. The molecule has 108 valence electrons. The number of phenolic OH excluding ortho intramolecular Hbond substituents is 1. The van der Waals surface area contributed by atoms with Gasteiger partial charge in [-0.05, 0) is 46.6 Å². The number of nitrogens with one attached hydrogen (secondary N) is 1. The molecule has 0 saturated carbocycles. The smallest absolute Gasteiger partial charge is 0.337 e. The molecule has 3 N–H and O–H groups in total. The van der Waals surface area contributed by atoms with Gasteiger partial charge in [-0.15, -0.1) is 0 Å². The fourth-order valence-electron chi connectivity index (χ4n) is 1.85. The van der Waals surface area contributed by atoms with Crippen LogP contribution in [0.1, 0.15) is 26.3 Å². The van der Waals surface area contributed by atoms with E-state index in [-0.39, 0.29) is 22.6 Å². The number of anilines is 1. The largest absolute Gasteiger partial charge is 0.507 e. The van der Waals surface area contributed by atoms with E-state index in [1.165, 1.54) is 12.1 Å². The van der Waals surface area contributed by atoms with Crippen molar-refractivity contribution in [1.82, 2.24) is 0 Å². The molecule has 0 radical (unpaired) electrons. The molecule has 6 heteroatoms. The molecule has 2 aromatic carbocycles. The molecule has 0 heterocycles. The molecule has 0 spiro atoms. The summed E-state index contributed by atoms with van der Waals surface area (Å²) in [6, 6.07) is 9.36. The van der Waals surface area contributed by atoms with E-state index in [1.807, 2.05) is 0 Å². The van der Waals surface area contributed by atoms with Crippen molar-refractivity contribution in [3.63, 3.8) is 0 Å². The van der Waals surface area contributed by atoms with Crippen LogP contribution < -0.4 is 5.32 Å². The van der Waals surface area contributed by atoms with E-state index in [0.29, 0.717) is 10.0 Å². The summed E-state index contributed by atoms with van der Waals surface area (Å²) in [5.41, 5.74) is 0.760. The number of halogens is 1. The van der Waals surface area contributed by atoms with Gasteiger partial charge in [-0.2, -0.15) is 0 Å². The van der Waals surface area contributed by atoms with Gasteiger partial charge in [0, 0.05) is 4.47 Å². The van der Waals surface area contributed by atoms with Crippen LogP contribution in [0, 0.1) is 6.92 Å². The Morgan fingerprint density at radius 2 is 1.71 bits per heavy atom. The summed E-state index contributed by atoms with van der Waals surface area (Å²) in [6.45, 7) is 1.67. The lowest BCUT2D eigenvalue weighted by atomic mass is 10.1. The first-order valence-corrected chi connectivity index (χ1v) is 6.83. The number of aromatic hydroxyl groups is 1. The highest BCUT2D eigenvalue weighted by Crippen LogP contribution is 2.28. The fraction of sp³-hybridized carbons (Fsp3) is 0.0667. The molecular weight excluding hydrogens is 338 g/mol. The Morgan fingerprint density at radius 1 is 1.10 bits per heavy atom. The molecule has 5 nitrogen and oxygen atoms in total. The third kappa shape index (κ3) is 3.05. The van der Waals surface area contributed by atoms with Crippen molar-refractivity contribution in [2.24, 2.45) is 0 Å². The van der Waals surface area contributed by atoms with Crippen LogP contribution in [0.2, 0.25) is 0 Å². The minimum Gasteiger partial charge on any atom is -0.507 e. The Kier molecular flexibility index (Phi) is 4.28. The van der Waals surface area contributed by atoms with Crippen molar-refractivity contribution in [3.05, 3.63) is 57.6 Å². The highest BCUT2D eigenvalue weighted by atomic mass is 79.9. The number of carboxylic acid groups (broad SMARTS) is 1. The Balaban J connectivity index is 2.41. The van der Waals surface area contributed by atoms with Gasteiger partial charge in [0.2, 0.25) is 0 Å². The van der Waals surface area contributed by atoms with Crippen LogP contribution in [0.5, 0.6) is 5.75 Å². The number of amides is 1. The number of rotatable bonds is 3. The minimum absolute atomic E-state index is 0.0372. The summed E-state index contributed by atoms with van der Waals surface area (Å²) in [4.78, 5) is 23.4. The van der Waals surface area contributed by atoms with Crippen LogP contribution in [0.25, 0.3) is 0 Å². The van der Waals surface area contributed by atoms with Crippen LogP contribution in [0.15, 0.2) is 40.9 Å². The molecule has 0 aliphatic carbocycles. The normalized spacial score (nSPS) is 10.2. The standard InChI is InChI=1S/C15H12BrNO4/c1-8-4-2-6-10(13(8)18)14(19)17-12-9(15(20)21)5-3-7-11(12)16/h2-7,18H,1H3,(H,17,19)(H,20,21). The van der Waals surface area contributed by atoms with E-state index in [2.05, 4.69) is 21.2 Å². The third-order valence-electron chi connectivity index (χ3n) is 2.96. The van der Waals surface area contributed by atoms with Crippen molar-refractivity contribution in [1.29, 1.82) is 0 Å². The lowest BCUT2D eigenvalue weighted by Gasteiger charge is -2.12. The van der Waals surface area contributed by atoms with E-state index in [9.17, 15) is 14.7 Å². The quantitative estimate of drug-likeness (QED) is 0.792. The Morgan fingerprint density at radius 3 is 2.38 bits per heavy atom. The Hall–Kier alpha value is -2.34. The molecule has 0 aliphatic rings. The number of carbonyl (C=O) groups is 2. The zero-order chi connectivity index (χ0) is 15.6. The highest BCUT2D eigenvalue weighted by Gasteiger charge is 2.18. The number of carboxylic acids is 1. The summed E-state index contributed by atoms with van der Waals surface area (Å²) in [5.74, 6) is -1.86. The molecular formula is C15H12BrNO4. The van der Waals surface area contributed by atoms with Crippen LogP contribution in [0.3, 0.4) is 0 Å². The molecule has 0 fully saturated rings. The van der Waals surface area contributed by atoms with E-state index < -0.39 is 11.9 Å². The maximum atomic E-state index is 12.2. The predicted octanol–water partition coefficient (Wildman–Crippen LogP) is 3.41. The highest BCUT2D eigenvalue weighted by molar-refractivity contribution is 9.10. The van der Waals surface area contributed by atoms with E-state index in [4.69, 9.17) is 5.11 Å². The molecule has 21 heavy (non-hydrogen) atoms. The number of phenols is 1. The molecule has 1 amide bonds. The first-order chi connectivity index (χ1) is 9.91. The van der Waals surface area contributed by atoms with Crippen LogP contribution in [-0.4, -0.2) is 22.1 Å². The summed E-state index contributed by atoms with van der Waals surface area (Å²) in [6.07, 6.45) is 0. The zero-order valence-corrected chi connectivity index (χ0v) is 12.6. The maximum absolute atomic E-state index is 12.2. The van der Waals surface area contributed by atoms with Crippen molar-refractivity contribution in [2.75, 3.05) is 5.32 Å². The molecule has 0 unspecified atom stereocenters. The molecule has 0 aromatic heterocycles. The first kappa shape index (κ1) is 15.1. The Bertz CT molecular complexity index is 728. The van der Waals surface area contributed by atoms with Crippen LogP contribution in [-0.2, 0) is 0 Å². The molecule has 2 rings (SSSR count). The molecule has 2 aromatic rings. The molecule has 0 bridgehead atoms. The number of benzene rings is 2. The van der Waals surface area contributed by atoms with Gasteiger partial charge < -0.3 is 15.5 Å². The van der Waals surface area contributed by atoms with E-state index in [1.54, 1.807) is 31.2 Å². The van der Waals surface area contributed by atoms with E-state index in [0.717, 1.165) is 0 Å². The number of carbonyl (C=O) groups excluding carboxylic acids is 1. The van der Waals surface area contributed by atoms with Gasteiger partial charge in [0.1, 0.15) is 5.75 Å². The van der Waals surface area contributed by atoms with Crippen LogP contribution >= 0.6 is 15.9 Å². The zero-order valence-electron chi connectivity index (χ0n) is 11.1. The number of para-hydroxylation sites is 2. The number of hydrogen-bond acceptors (Lipinski definition) is 3. The van der Waals surface area contributed by atoms with Gasteiger partial charge in [0.15, 0.2) is 0 Å². The number of hydrogen-bond donors (Lipinski definition) is 3. The van der Waals surface area contributed by atoms with Gasteiger partial charge in [-0.3, -0.25) is 4.79 Å².